The van der Waals surface area contributed by atoms with E-state index in [1.807, 2.05) is 47.1 Å². The smallest absolute Gasteiger partial charge is 0.253 e. The zero-order valence-corrected chi connectivity index (χ0v) is 13.7. The summed E-state index contributed by atoms with van der Waals surface area (Å²) in [5.74, 6) is 0.178. The Morgan fingerprint density at radius 3 is 2.18 bits per heavy atom. The Labute approximate surface area is 137 Å². The lowest BCUT2D eigenvalue weighted by Crippen LogP contribution is -2.50. The van der Waals surface area contributed by atoms with Crippen LogP contribution in [-0.2, 0) is 4.79 Å². The van der Waals surface area contributed by atoms with Crippen LogP contribution in [0.2, 0.25) is 0 Å². The number of hydrogen-bond donors (Lipinski definition) is 1. The second-order valence-corrected chi connectivity index (χ2v) is 5.55. The average Bonchev–Trinajstić information content (AvgIpc) is 2.53. The molecule has 1 aromatic carbocycles. The number of rotatable bonds is 4. The third-order valence-electron chi connectivity index (χ3n) is 3.75. The fourth-order valence-electron chi connectivity index (χ4n) is 2.43. The fraction of sp³-hybridized carbons (Fsp3) is 0.500. The van der Waals surface area contributed by atoms with Crippen LogP contribution < -0.4 is 5.73 Å². The summed E-state index contributed by atoms with van der Waals surface area (Å²) in [7, 11) is 0. The number of benzene rings is 1. The number of amides is 2. The van der Waals surface area contributed by atoms with Gasteiger partial charge < -0.3 is 15.5 Å². The van der Waals surface area contributed by atoms with E-state index in [9.17, 15) is 9.59 Å². The quantitative estimate of drug-likeness (QED) is 0.912. The van der Waals surface area contributed by atoms with Gasteiger partial charge in [-0.1, -0.05) is 18.2 Å². The molecule has 0 radical (unpaired) electrons. The first-order valence-electron chi connectivity index (χ1n) is 7.45. The Kier molecular flexibility index (Phi) is 7.35. The second-order valence-electron chi connectivity index (χ2n) is 5.55. The van der Waals surface area contributed by atoms with Crippen molar-refractivity contribution < 1.29 is 9.59 Å². The first-order chi connectivity index (χ1) is 10.1. The van der Waals surface area contributed by atoms with Crippen LogP contribution in [0.3, 0.4) is 0 Å². The van der Waals surface area contributed by atoms with E-state index in [1.54, 1.807) is 0 Å². The largest absolute Gasteiger partial charge is 0.339 e. The van der Waals surface area contributed by atoms with Crippen LogP contribution in [0.1, 0.15) is 30.1 Å². The normalized spacial score (nSPS) is 15.9. The summed E-state index contributed by atoms with van der Waals surface area (Å²) in [6, 6.07) is 9.31. The van der Waals surface area contributed by atoms with Gasteiger partial charge in [0, 0.05) is 44.2 Å². The molecule has 5 nitrogen and oxygen atoms in total. The maximum atomic E-state index is 12.3. The molecule has 1 aliphatic heterocycles. The van der Waals surface area contributed by atoms with Crippen molar-refractivity contribution in [2.75, 3.05) is 26.2 Å². The van der Waals surface area contributed by atoms with Crippen molar-refractivity contribution in [2.24, 2.45) is 5.73 Å². The van der Waals surface area contributed by atoms with E-state index >= 15 is 0 Å². The third-order valence-corrected chi connectivity index (χ3v) is 3.75. The van der Waals surface area contributed by atoms with Crippen molar-refractivity contribution in [3.8, 4) is 0 Å². The molecule has 1 unspecified atom stereocenters. The Morgan fingerprint density at radius 2 is 1.64 bits per heavy atom. The van der Waals surface area contributed by atoms with Gasteiger partial charge in [0.1, 0.15) is 0 Å². The predicted octanol–water partition coefficient (Wildman–Crippen LogP) is 1.52. The van der Waals surface area contributed by atoms with E-state index in [1.165, 1.54) is 0 Å². The van der Waals surface area contributed by atoms with Crippen molar-refractivity contribution >= 4 is 24.2 Å². The molecule has 1 aromatic rings. The van der Waals surface area contributed by atoms with Crippen LogP contribution >= 0.6 is 12.4 Å². The molecule has 2 rings (SSSR count). The Balaban J connectivity index is 0.00000242. The topological polar surface area (TPSA) is 66.6 Å². The zero-order valence-electron chi connectivity index (χ0n) is 12.9. The molecule has 22 heavy (non-hydrogen) atoms. The van der Waals surface area contributed by atoms with E-state index in [0.29, 0.717) is 44.6 Å². The maximum Gasteiger partial charge on any atom is 0.253 e. The van der Waals surface area contributed by atoms with Crippen molar-refractivity contribution in [2.45, 2.75) is 25.8 Å². The van der Waals surface area contributed by atoms with E-state index in [-0.39, 0.29) is 30.3 Å². The van der Waals surface area contributed by atoms with Crippen molar-refractivity contribution in [1.82, 2.24) is 9.80 Å². The highest BCUT2D eigenvalue weighted by atomic mass is 35.5. The lowest BCUT2D eigenvalue weighted by Gasteiger charge is -2.35. The SMILES string of the molecule is CC(N)CCC(=O)N1CCN(C(=O)c2ccccc2)CC1.Cl. The highest BCUT2D eigenvalue weighted by Crippen LogP contribution is 2.10. The first kappa shape index (κ1) is 18.5. The van der Waals surface area contributed by atoms with Gasteiger partial charge in [-0.25, -0.2) is 0 Å². The summed E-state index contributed by atoms with van der Waals surface area (Å²) < 4.78 is 0. The van der Waals surface area contributed by atoms with Gasteiger partial charge in [-0.2, -0.15) is 0 Å². The van der Waals surface area contributed by atoms with Crippen LogP contribution in [0.25, 0.3) is 0 Å². The van der Waals surface area contributed by atoms with Gasteiger partial charge in [0.15, 0.2) is 0 Å². The molecule has 0 bridgehead atoms. The molecule has 1 atom stereocenters. The first-order valence-corrected chi connectivity index (χ1v) is 7.45. The van der Waals surface area contributed by atoms with Gasteiger partial charge in [0.2, 0.25) is 5.91 Å². The summed E-state index contributed by atoms with van der Waals surface area (Å²) in [5.41, 5.74) is 6.38. The Hall–Kier alpha value is -1.59. The molecule has 0 saturated carbocycles. The van der Waals surface area contributed by atoms with Gasteiger partial charge in [-0.05, 0) is 25.5 Å². The number of carbonyl (C=O) groups is 2. The molecular weight excluding hydrogens is 302 g/mol. The van der Waals surface area contributed by atoms with E-state index in [2.05, 4.69) is 0 Å². The number of carbonyl (C=O) groups excluding carboxylic acids is 2. The maximum absolute atomic E-state index is 12.3. The van der Waals surface area contributed by atoms with Crippen LogP contribution in [0.5, 0.6) is 0 Å². The number of nitrogens with zero attached hydrogens (tertiary/aromatic N) is 2. The molecule has 1 saturated heterocycles. The molecule has 0 aromatic heterocycles. The highest BCUT2D eigenvalue weighted by Gasteiger charge is 2.24. The molecule has 1 aliphatic rings. The van der Waals surface area contributed by atoms with Crippen molar-refractivity contribution in [1.29, 1.82) is 0 Å². The molecule has 6 heteroatoms. The standard InChI is InChI=1S/C16H23N3O2.ClH/c1-13(17)7-8-15(20)18-9-11-19(12-10-18)16(21)14-5-3-2-4-6-14;/h2-6,13H,7-12,17H2,1H3;1H. The van der Waals surface area contributed by atoms with Crippen LogP contribution in [0, 0.1) is 0 Å². The number of hydrogen-bond acceptors (Lipinski definition) is 3. The number of nitrogens with two attached hydrogens (primary N) is 1. The highest BCUT2D eigenvalue weighted by molar-refractivity contribution is 5.94. The Morgan fingerprint density at radius 1 is 1.09 bits per heavy atom. The van der Waals surface area contributed by atoms with Gasteiger partial charge >= 0.3 is 0 Å². The number of piperazine rings is 1. The minimum absolute atomic E-state index is 0. The van der Waals surface area contributed by atoms with Crippen LogP contribution in [0.4, 0.5) is 0 Å². The minimum Gasteiger partial charge on any atom is -0.339 e. The average molecular weight is 326 g/mol. The van der Waals surface area contributed by atoms with Crippen molar-refractivity contribution in [3.05, 3.63) is 35.9 Å². The van der Waals surface area contributed by atoms with Gasteiger partial charge in [-0.3, -0.25) is 9.59 Å². The minimum atomic E-state index is 0. The third kappa shape index (κ3) is 5.00. The monoisotopic (exact) mass is 325 g/mol. The van der Waals surface area contributed by atoms with Gasteiger partial charge in [-0.15, -0.1) is 12.4 Å². The van der Waals surface area contributed by atoms with Gasteiger partial charge in [0.25, 0.3) is 5.91 Å². The molecule has 1 heterocycles. The second kappa shape index (κ2) is 8.76. The summed E-state index contributed by atoms with van der Waals surface area (Å²) in [6.45, 7) is 4.31. The molecule has 2 N–H and O–H groups in total. The summed E-state index contributed by atoms with van der Waals surface area (Å²) >= 11 is 0. The summed E-state index contributed by atoms with van der Waals surface area (Å²) in [6.07, 6.45) is 1.20. The van der Waals surface area contributed by atoms with E-state index < -0.39 is 0 Å². The van der Waals surface area contributed by atoms with Crippen molar-refractivity contribution in [3.63, 3.8) is 0 Å². The lowest BCUT2D eigenvalue weighted by atomic mass is 10.1. The molecule has 0 aliphatic carbocycles. The zero-order chi connectivity index (χ0) is 15.2. The summed E-state index contributed by atoms with van der Waals surface area (Å²) in [5, 5.41) is 0. The molecular formula is C16H24ClN3O2. The fourth-order valence-corrected chi connectivity index (χ4v) is 2.43. The predicted molar refractivity (Wildman–Crippen MR) is 89.1 cm³/mol. The number of halogens is 1. The van der Waals surface area contributed by atoms with Crippen LogP contribution in [0.15, 0.2) is 30.3 Å². The molecule has 1 fully saturated rings. The lowest BCUT2D eigenvalue weighted by molar-refractivity contribution is -0.132. The molecule has 2 amide bonds. The van der Waals surface area contributed by atoms with Gasteiger partial charge in [0.05, 0.1) is 0 Å². The van der Waals surface area contributed by atoms with E-state index in [4.69, 9.17) is 5.73 Å². The Bertz CT molecular complexity index is 485. The molecule has 122 valence electrons. The van der Waals surface area contributed by atoms with E-state index in [0.717, 1.165) is 0 Å². The van der Waals surface area contributed by atoms with Crippen LogP contribution in [-0.4, -0.2) is 53.8 Å². The molecule has 0 spiro atoms. The summed E-state index contributed by atoms with van der Waals surface area (Å²) in [4.78, 5) is 28.0.